The number of hydrogen-bond donors (Lipinski definition) is 0. The van der Waals surface area contributed by atoms with E-state index in [1.165, 1.54) is 12.1 Å². The molecular weight excluding hydrogens is 251 g/mol. The Morgan fingerprint density at radius 2 is 1.60 bits per heavy atom. The molecule has 0 N–H and O–H groups in total. The molecule has 0 spiro atoms. The van der Waals surface area contributed by atoms with Crippen LogP contribution in [0.15, 0.2) is 66.7 Å². The average molecular weight is 262 g/mol. The van der Waals surface area contributed by atoms with E-state index < -0.39 is 0 Å². The Morgan fingerprint density at radius 1 is 0.800 bits per heavy atom. The second-order valence-corrected chi connectivity index (χ2v) is 4.71. The Labute approximate surface area is 115 Å². The van der Waals surface area contributed by atoms with Gasteiger partial charge >= 0.3 is 0 Å². The van der Waals surface area contributed by atoms with Gasteiger partial charge in [-0.05, 0) is 54.1 Å². The van der Waals surface area contributed by atoms with Gasteiger partial charge in [-0.25, -0.2) is 9.37 Å². The normalized spacial score (nSPS) is 11.2. The Balaban J connectivity index is 2.11. The lowest BCUT2D eigenvalue weighted by Gasteiger charge is -2.06. The zero-order chi connectivity index (χ0) is 13.5. The van der Waals surface area contributed by atoms with E-state index in [-0.39, 0.29) is 5.82 Å². The first-order valence-electron chi connectivity index (χ1n) is 6.45. The molecule has 96 valence electrons. The third kappa shape index (κ3) is 1.60. The molecule has 2 nitrogen and oxygen atoms in total. The third-order valence-corrected chi connectivity index (χ3v) is 3.47. The van der Waals surface area contributed by atoms with Crippen LogP contribution in [0.1, 0.15) is 0 Å². The zero-order valence-electron chi connectivity index (χ0n) is 10.6. The van der Waals surface area contributed by atoms with Crippen LogP contribution in [0, 0.1) is 5.82 Å². The summed E-state index contributed by atoms with van der Waals surface area (Å²) in [5.41, 5.74) is 4.90. The fraction of sp³-hybridized carbons (Fsp3) is 0. The number of benzene rings is 2. The minimum Gasteiger partial charge on any atom is -0.292 e. The summed E-state index contributed by atoms with van der Waals surface area (Å²) in [5, 5.41) is 0. The molecule has 0 aliphatic carbocycles. The summed E-state index contributed by atoms with van der Waals surface area (Å²) in [6.07, 6.45) is 0. The van der Waals surface area contributed by atoms with Crippen LogP contribution in [0.5, 0.6) is 0 Å². The monoisotopic (exact) mass is 262 g/mol. The largest absolute Gasteiger partial charge is 0.292 e. The number of nitrogens with zero attached hydrogens (tertiary/aromatic N) is 2. The van der Waals surface area contributed by atoms with Gasteiger partial charge < -0.3 is 0 Å². The molecule has 2 aromatic carbocycles. The highest BCUT2D eigenvalue weighted by Gasteiger charge is 2.08. The lowest BCUT2D eigenvalue weighted by molar-refractivity contribution is 0.628. The number of imidazole rings is 1. The van der Waals surface area contributed by atoms with Gasteiger partial charge in [0.2, 0.25) is 0 Å². The molecule has 3 heteroatoms. The first kappa shape index (κ1) is 11.2. The van der Waals surface area contributed by atoms with Crippen molar-refractivity contribution >= 4 is 16.7 Å². The molecule has 4 rings (SSSR count). The molecule has 0 aliphatic rings. The van der Waals surface area contributed by atoms with Gasteiger partial charge in [0.25, 0.3) is 0 Å². The lowest BCUT2D eigenvalue weighted by atomic mass is 10.1. The maximum Gasteiger partial charge on any atom is 0.138 e. The minimum absolute atomic E-state index is 0.226. The highest BCUT2D eigenvalue weighted by Crippen LogP contribution is 2.25. The first-order chi connectivity index (χ1) is 9.83. The van der Waals surface area contributed by atoms with E-state index in [0.29, 0.717) is 0 Å². The van der Waals surface area contributed by atoms with Gasteiger partial charge in [0.05, 0.1) is 16.7 Å². The summed E-state index contributed by atoms with van der Waals surface area (Å²) in [5.74, 6) is -0.226. The quantitative estimate of drug-likeness (QED) is 0.500. The third-order valence-electron chi connectivity index (χ3n) is 3.47. The highest BCUT2D eigenvalue weighted by atomic mass is 19.1. The first-order valence-corrected chi connectivity index (χ1v) is 6.45. The van der Waals surface area contributed by atoms with Crippen molar-refractivity contribution in [2.45, 2.75) is 0 Å². The highest BCUT2D eigenvalue weighted by molar-refractivity contribution is 5.83. The zero-order valence-corrected chi connectivity index (χ0v) is 10.6. The van der Waals surface area contributed by atoms with Crippen molar-refractivity contribution in [2.75, 3.05) is 0 Å². The number of rotatable bonds is 1. The van der Waals surface area contributed by atoms with Crippen LogP contribution in [-0.2, 0) is 0 Å². The lowest BCUT2D eigenvalue weighted by Crippen LogP contribution is -1.91. The molecule has 2 heterocycles. The van der Waals surface area contributed by atoms with Gasteiger partial charge in [-0.3, -0.25) is 4.40 Å². The van der Waals surface area contributed by atoms with Crippen LogP contribution < -0.4 is 0 Å². The van der Waals surface area contributed by atoms with E-state index in [9.17, 15) is 4.39 Å². The van der Waals surface area contributed by atoms with E-state index >= 15 is 0 Å². The molecule has 0 unspecified atom stereocenters. The van der Waals surface area contributed by atoms with Crippen LogP contribution >= 0.6 is 0 Å². The Kier molecular flexibility index (Phi) is 2.33. The smallest absolute Gasteiger partial charge is 0.138 e. The fourth-order valence-corrected chi connectivity index (χ4v) is 2.56. The van der Waals surface area contributed by atoms with Gasteiger partial charge in [-0.2, -0.15) is 0 Å². The van der Waals surface area contributed by atoms with E-state index in [1.54, 1.807) is 12.1 Å². The number of para-hydroxylation sites is 2. The summed E-state index contributed by atoms with van der Waals surface area (Å²) in [7, 11) is 0. The van der Waals surface area contributed by atoms with Crippen molar-refractivity contribution in [1.29, 1.82) is 0 Å². The molecule has 20 heavy (non-hydrogen) atoms. The number of pyridine rings is 1. The molecule has 0 amide bonds. The summed E-state index contributed by atoms with van der Waals surface area (Å²) >= 11 is 0. The predicted octanol–water partition coefficient (Wildman–Crippen LogP) is 4.29. The maximum absolute atomic E-state index is 13.1. The molecular formula is C17H11FN2. The van der Waals surface area contributed by atoms with Crippen LogP contribution in [0.4, 0.5) is 4.39 Å². The molecule has 0 saturated heterocycles. The van der Waals surface area contributed by atoms with Crippen LogP contribution in [0.25, 0.3) is 27.9 Å². The van der Waals surface area contributed by atoms with Gasteiger partial charge in [-0.1, -0.05) is 18.2 Å². The molecule has 0 atom stereocenters. The van der Waals surface area contributed by atoms with Gasteiger partial charge in [0.15, 0.2) is 0 Å². The van der Waals surface area contributed by atoms with Gasteiger partial charge in [0, 0.05) is 0 Å². The van der Waals surface area contributed by atoms with E-state index in [1.807, 2.05) is 42.5 Å². The Bertz CT molecular complexity index is 907. The maximum atomic E-state index is 13.1. The van der Waals surface area contributed by atoms with Crippen LogP contribution in [0.2, 0.25) is 0 Å². The summed E-state index contributed by atoms with van der Waals surface area (Å²) in [6.45, 7) is 0. The van der Waals surface area contributed by atoms with Crippen LogP contribution in [-0.4, -0.2) is 9.38 Å². The van der Waals surface area contributed by atoms with Gasteiger partial charge in [-0.15, -0.1) is 0 Å². The summed E-state index contributed by atoms with van der Waals surface area (Å²) < 4.78 is 15.2. The number of hydrogen-bond acceptors (Lipinski definition) is 1. The summed E-state index contributed by atoms with van der Waals surface area (Å²) in [6, 6.07) is 20.5. The van der Waals surface area contributed by atoms with Gasteiger partial charge in [0.1, 0.15) is 11.5 Å². The second-order valence-electron chi connectivity index (χ2n) is 4.71. The average Bonchev–Trinajstić information content (AvgIpc) is 2.86. The van der Waals surface area contributed by atoms with Crippen molar-refractivity contribution in [3.8, 4) is 11.3 Å². The standard InChI is InChI=1S/C17H11FN2/c18-13-10-8-12(9-11-13)15-6-3-7-17-19-14-4-1-2-5-16(14)20(15)17/h1-11H. The van der Waals surface area contributed by atoms with Crippen molar-refractivity contribution in [3.05, 3.63) is 72.5 Å². The number of fused-ring (bicyclic) bond motifs is 3. The second kappa shape index (κ2) is 4.17. The van der Waals surface area contributed by atoms with E-state index in [0.717, 1.165) is 27.9 Å². The van der Waals surface area contributed by atoms with Crippen molar-refractivity contribution < 1.29 is 4.39 Å². The molecule has 0 saturated carbocycles. The van der Waals surface area contributed by atoms with E-state index in [4.69, 9.17) is 0 Å². The number of halogens is 1. The Hall–Kier alpha value is -2.68. The minimum atomic E-state index is -0.226. The molecule has 4 aromatic rings. The van der Waals surface area contributed by atoms with Crippen molar-refractivity contribution in [2.24, 2.45) is 0 Å². The summed E-state index contributed by atoms with van der Waals surface area (Å²) in [4.78, 5) is 4.61. The Morgan fingerprint density at radius 3 is 2.45 bits per heavy atom. The molecule has 0 radical (unpaired) electrons. The van der Waals surface area contributed by atoms with Crippen molar-refractivity contribution in [1.82, 2.24) is 9.38 Å². The predicted molar refractivity (Wildman–Crippen MR) is 78.1 cm³/mol. The SMILES string of the molecule is Fc1ccc(-c2cccc3nc4ccccc4n23)cc1. The molecule has 0 aliphatic heterocycles. The fourth-order valence-electron chi connectivity index (χ4n) is 2.56. The van der Waals surface area contributed by atoms with Crippen LogP contribution in [0.3, 0.4) is 0 Å². The topological polar surface area (TPSA) is 17.3 Å². The molecule has 0 bridgehead atoms. The van der Waals surface area contributed by atoms with Crippen molar-refractivity contribution in [3.63, 3.8) is 0 Å². The molecule has 2 aromatic heterocycles. The number of aromatic nitrogens is 2. The molecule has 0 fully saturated rings. The van der Waals surface area contributed by atoms with E-state index in [2.05, 4.69) is 9.38 Å².